The highest BCUT2D eigenvalue weighted by Gasteiger charge is 2.16. The lowest BCUT2D eigenvalue weighted by molar-refractivity contribution is -0.114. The number of amides is 1. The minimum Gasteiger partial charge on any atom is -0.491 e. The Morgan fingerprint density at radius 3 is 2.67 bits per heavy atom. The zero-order valence-electron chi connectivity index (χ0n) is 16.0. The molecule has 0 aromatic heterocycles. The molecule has 0 spiro atoms. The van der Waals surface area contributed by atoms with Crippen molar-refractivity contribution in [3.63, 3.8) is 0 Å². The van der Waals surface area contributed by atoms with Gasteiger partial charge in [-0.1, -0.05) is 32.0 Å². The summed E-state index contributed by atoms with van der Waals surface area (Å²) in [6.07, 6.45) is 2.38. The van der Waals surface area contributed by atoms with Crippen LogP contribution < -0.4 is 15.4 Å². The summed E-state index contributed by atoms with van der Waals surface area (Å²) >= 11 is 0. The Bertz CT molecular complexity index is 737. The van der Waals surface area contributed by atoms with Gasteiger partial charge in [0, 0.05) is 18.0 Å². The van der Waals surface area contributed by atoms with Gasteiger partial charge in [-0.05, 0) is 54.7 Å². The first-order chi connectivity index (χ1) is 13.1. The maximum atomic E-state index is 12.3. The van der Waals surface area contributed by atoms with Gasteiger partial charge in [-0.2, -0.15) is 0 Å². The van der Waals surface area contributed by atoms with Gasteiger partial charge in [0.2, 0.25) is 5.91 Å². The van der Waals surface area contributed by atoms with Gasteiger partial charge in [0.15, 0.2) is 0 Å². The molecule has 1 saturated heterocycles. The van der Waals surface area contributed by atoms with E-state index in [1.165, 1.54) is 0 Å². The summed E-state index contributed by atoms with van der Waals surface area (Å²) in [6, 6.07) is 15.6. The van der Waals surface area contributed by atoms with Crippen LogP contribution in [0.25, 0.3) is 0 Å². The van der Waals surface area contributed by atoms with E-state index < -0.39 is 0 Å². The van der Waals surface area contributed by atoms with Crippen molar-refractivity contribution in [2.75, 3.05) is 30.4 Å². The number of carbonyl (C=O) groups excluding carboxylic acids is 1. The zero-order chi connectivity index (χ0) is 19.1. The van der Waals surface area contributed by atoms with Crippen molar-refractivity contribution in [1.82, 2.24) is 0 Å². The minimum absolute atomic E-state index is 0.0678. The Morgan fingerprint density at radius 1 is 1.19 bits per heavy atom. The maximum Gasteiger partial charge on any atom is 0.243 e. The Hall–Kier alpha value is -2.53. The minimum atomic E-state index is -0.0678. The Morgan fingerprint density at radius 2 is 1.96 bits per heavy atom. The largest absolute Gasteiger partial charge is 0.491 e. The Labute approximate surface area is 161 Å². The van der Waals surface area contributed by atoms with Gasteiger partial charge in [0.25, 0.3) is 0 Å². The molecule has 0 bridgehead atoms. The number of anilines is 2. The third kappa shape index (κ3) is 5.73. The summed E-state index contributed by atoms with van der Waals surface area (Å²) in [4.78, 5) is 12.3. The van der Waals surface area contributed by atoms with E-state index in [9.17, 15) is 4.79 Å². The van der Waals surface area contributed by atoms with Crippen molar-refractivity contribution >= 4 is 17.3 Å². The number of ether oxygens (including phenoxy) is 2. The highest BCUT2D eigenvalue weighted by Crippen LogP contribution is 2.23. The monoisotopic (exact) mass is 368 g/mol. The quantitative estimate of drug-likeness (QED) is 0.724. The standard InChI is InChI=1S/C22H28N2O3/c1-16(2)20-7-3-4-8-21(20)24-22(25)14-23-17-9-11-18(12-10-17)27-15-19-6-5-13-26-19/h3-4,7-12,16,19,23H,5-6,13-15H2,1-2H3,(H,24,25). The van der Waals surface area contributed by atoms with E-state index in [4.69, 9.17) is 9.47 Å². The molecule has 5 heteroatoms. The predicted molar refractivity (Wildman–Crippen MR) is 109 cm³/mol. The first-order valence-electron chi connectivity index (χ1n) is 9.59. The van der Waals surface area contributed by atoms with Crippen LogP contribution in [0.3, 0.4) is 0 Å². The molecule has 2 N–H and O–H groups in total. The molecule has 0 radical (unpaired) electrons. The van der Waals surface area contributed by atoms with Crippen molar-refractivity contribution in [2.24, 2.45) is 0 Å². The van der Waals surface area contributed by atoms with E-state index >= 15 is 0 Å². The molecule has 1 aliphatic rings. The molecular formula is C22H28N2O3. The third-order valence-electron chi connectivity index (χ3n) is 4.62. The second kappa shape index (κ2) is 9.42. The first kappa shape index (κ1) is 19.2. The van der Waals surface area contributed by atoms with Crippen LogP contribution in [0.15, 0.2) is 48.5 Å². The molecule has 1 aliphatic heterocycles. The van der Waals surface area contributed by atoms with Crippen molar-refractivity contribution < 1.29 is 14.3 Å². The fourth-order valence-corrected chi connectivity index (χ4v) is 3.13. The molecule has 1 unspecified atom stereocenters. The summed E-state index contributed by atoms with van der Waals surface area (Å²) in [7, 11) is 0. The molecule has 5 nitrogen and oxygen atoms in total. The van der Waals surface area contributed by atoms with Crippen LogP contribution in [0.4, 0.5) is 11.4 Å². The lowest BCUT2D eigenvalue weighted by Gasteiger charge is -2.14. The van der Waals surface area contributed by atoms with Gasteiger partial charge in [-0.3, -0.25) is 4.79 Å². The highest BCUT2D eigenvalue weighted by atomic mass is 16.5. The van der Waals surface area contributed by atoms with Gasteiger partial charge < -0.3 is 20.1 Å². The highest BCUT2D eigenvalue weighted by molar-refractivity contribution is 5.94. The maximum absolute atomic E-state index is 12.3. The average molecular weight is 368 g/mol. The zero-order valence-corrected chi connectivity index (χ0v) is 16.0. The number of carbonyl (C=O) groups is 1. The third-order valence-corrected chi connectivity index (χ3v) is 4.62. The number of para-hydroxylation sites is 1. The van der Waals surface area contributed by atoms with E-state index in [2.05, 4.69) is 24.5 Å². The summed E-state index contributed by atoms with van der Waals surface area (Å²) in [6.45, 7) is 5.87. The molecule has 3 rings (SSSR count). The average Bonchev–Trinajstić information content (AvgIpc) is 3.19. The smallest absolute Gasteiger partial charge is 0.243 e. The molecular weight excluding hydrogens is 340 g/mol. The van der Waals surface area contributed by atoms with E-state index in [1.807, 2.05) is 48.5 Å². The van der Waals surface area contributed by atoms with Crippen LogP contribution in [0, 0.1) is 0 Å². The van der Waals surface area contributed by atoms with Crippen molar-refractivity contribution in [1.29, 1.82) is 0 Å². The van der Waals surface area contributed by atoms with E-state index in [-0.39, 0.29) is 18.6 Å². The molecule has 1 amide bonds. The second-order valence-corrected chi connectivity index (χ2v) is 7.11. The molecule has 0 aliphatic carbocycles. The molecule has 1 heterocycles. The van der Waals surface area contributed by atoms with Gasteiger partial charge >= 0.3 is 0 Å². The lowest BCUT2D eigenvalue weighted by atomic mass is 10.0. The summed E-state index contributed by atoms with van der Waals surface area (Å²) in [5.41, 5.74) is 2.89. The molecule has 2 aromatic carbocycles. The van der Waals surface area contributed by atoms with Crippen LogP contribution in [-0.2, 0) is 9.53 Å². The van der Waals surface area contributed by atoms with Gasteiger partial charge in [-0.25, -0.2) is 0 Å². The molecule has 144 valence electrons. The second-order valence-electron chi connectivity index (χ2n) is 7.11. The molecule has 1 atom stereocenters. The van der Waals surface area contributed by atoms with E-state index in [0.29, 0.717) is 12.5 Å². The number of hydrogen-bond acceptors (Lipinski definition) is 4. The Kier molecular flexibility index (Phi) is 6.71. The number of hydrogen-bond donors (Lipinski definition) is 2. The van der Waals surface area contributed by atoms with Crippen molar-refractivity contribution in [2.45, 2.75) is 38.7 Å². The van der Waals surface area contributed by atoms with E-state index in [1.54, 1.807) is 0 Å². The fourth-order valence-electron chi connectivity index (χ4n) is 3.13. The summed E-state index contributed by atoms with van der Waals surface area (Å²) < 4.78 is 11.3. The number of rotatable bonds is 8. The SMILES string of the molecule is CC(C)c1ccccc1NC(=O)CNc1ccc(OCC2CCCO2)cc1. The number of nitrogens with one attached hydrogen (secondary N) is 2. The van der Waals surface area contributed by atoms with Crippen LogP contribution in [0.1, 0.15) is 38.2 Å². The Balaban J connectivity index is 1.46. The van der Waals surface area contributed by atoms with E-state index in [0.717, 1.165) is 42.1 Å². The molecule has 2 aromatic rings. The fraction of sp³-hybridized carbons (Fsp3) is 0.409. The normalized spacial score (nSPS) is 16.3. The summed E-state index contributed by atoms with van der Waals surface area (Å²) in [5.74, 6) is 1.10. The van der Waals surface area contributed by atoms with Crippen LogP contribution in [0.2, 0.25) is 0 Å². The predicted octanol–water partition coefficient (Wildman–Crippen LogP) is 4.42. The van der Waals surface area contributed by atoms with Gasteiger partial charge in [-0.15, -0.1) is 0 Å². The summed E-state index contributed by atoms with van der Waals surface area (Å²) in [5, 5.41) is 6.13. The van der Waals surface area contributed by atoms with Crippen LogP contribution in [-0.4, -0.2) is 31.8 Å². The molecule has 27 heavy (non-hydrogen) atoms. The first-order valence-corrected chi connectivity index (χ1v) is 9.59. The number of benzene rings is 2. The topological polar surface area (TPSA) is 59.6 Å². The van der Waals surface area contributed by atoms with Crippen molar-refractivity contribution in [3.05, 3.63) is 54.1 Å². The van der Waals surface area contributed by atoms with Crippen LogP contribution >= 0.6 is 0 Å². The lowest BCUT2D eigenvalue weighted by Crippen LogP contribution is -2.22. The molecule has 0 saturated carbocycles. The van der Waals surface area contributed by atoms with Gasteiger partial charge in [0.05, 0.1) is 12.6 Å². The van der Waals surface area contributed by atoms with Crippen molar-refractivity contribution in [3.8, 4) is 5.75 Å². The van der Waals surface area contributed by atoms with Crippen LogP contribution in [0.5, 0.6) is 5.75 Å². The molecule has 1 fully saturated rings. The van der Waals surface area contributed by atoms with Gasteiger partial charge in [0.1, 0.15) is 12.4 Å².